The highest BCUT2D eigenvalue weighted by atomic mass is 15.9. The first-order valence-corrected chi connectivity index (χ1v) is 14.8. The Kier molecular flexibility index (Phi) is 5.57. The maximum Gasteiger partial charge on any atom is 0.132 e. The number of benzene rings is 4. The molecule has 4 heterocycles. The average molecular weight is 589 g/mol. The van der Waals surface area contributed by atoms with Crippen LogP contribution in [0.2, 0.25) is 0 Å². The van der Waals surface area contributed by atoms with Crippen LogP contribution in [0.15, 0.2) is 36.4 Å². The number of aromatic nitrogens is 3. The van der Waals surface area contributed by atoms with Crippen LogP contribution >= 0.6 is 0 Å². The van der Waals surface area contributed by atoms with Gasteiger partial charge in [-0.15, -0.1) is 26.5 Å². The van der Waals surface area contributed by atoms with Gasteiger partial charge in [0.1, 0.15) is 22.4 Å². The Balaban J connectivity index is 1.39. The van der Waals surface area contributed by atoms with Gasteiger partial charge in [0.2, 0.25) is 0 Å². The third-order valence-corrected chi connectivity index (χ3v) is 9.46. The van der Waals surface area contributed by atoms with E-state index in [1.807, 2.05) is 9.91 Å². The molecule has 5 aromatic rings. The van der Waals surface area contributed by atoms with Crippen molar-refractivity contribution in [1.82, 2.24) is 31.7 Å². The normalized spacial score (nSPS) is 15.0. The summed E-state index contributed by atoms with van der Waals surface area (Å²) in [7, 11) is 0. The molecule has 3 aliphatic rings. The molecule has 0 bridgehead atoms. The largest absolute Gasteiger partial charge is 0.301 e. The molecule has 0 atom stereocenters. The molecular weight excluding hydrogens is 552 g/mol. The molecule has 0 spiro atoms. The van der Waals surface area contributed by atoms with E-state index < -0.39 is 0 Å². The summed E-state index contributed by atoms with van der Waals surface area (Å²) in [6, 6.07) is 13.0. The van der Waals surface area contributed by atoms with E-state index in [1.165, 1.54) is 33.4 Å². The van der Waals surface area contributed by atoms with Crippen molar-refractivity contribution in [2.24, 2.45) is 0 Å². The zero-order chi connectivity index (χ0) is 30.6. The molecule has 1 aromatic heterocycles. The lowest BCUT2D eigenvalue weighted by Gasteiger charge is -2.31. The second-order valence-corrected chi connectivity index (χ2v) is 12.2. The first kappa shape index (κ1) is 26.6. The highest BCUT2D eigenvalue weighted by Crippen LogP contribution is 2.54. The zero-order valence-electron chi connectivity index (χ0n) is 26.1. The Labute approximate surface area is 255 Å². The van der Waals surface area contributed by atoms with Crippen LogP contribution in [0, 0.1) is 55.4 Å². The lowest BCUT2D eigenvalue weighted by Crippen LogP contribution is -2.42. The average Bonchev–Trinajstić information content (AvgIpc) is 3.77. The molecule has 0 radical (unpaired) electrons. The van der Waals surface area contributed by atoms with Gasteiger partial charge >= 0.3 is 0 Å². The second-order valence-electron chi connectivity index (χ2n) is 12.2. The minimum Gasteiger partial charge on any atom is -0.301 e. The minimum atomic E-state index is 0.830. The van der Waals surface area contributed by atoms with Gasteiger partial charge in [0.05, 0.1) is 34.1 Å². The van der Waals surface area contributed by atoms with Crippen molar-refractivity contribution in [2.45, 2.75) is 55.4 Å². The maximum absolute atomic E-state index is 4.63. The molecule has 0 aliphatic carbocycles. The highest BCUT2D eigenvalue weighted by Gasteiger charge is 2.39. The predicted molar refractivity (Wildman–Crippen MR) is 177 cm³/mol. The van der Waals surface area contributed by atoms with Crippen LogP contribution in [0.5, 0.6) is 0 Å². The summed E-state index contributed by atoms with van der Waals surface area (Å²) in [4.78, 5) is 1.82. The van der Waals surface area contributed by atoms with Crippen LogP contribution < -0.4 is 48.0 Å². The Morgan fingerprint density at radius 3 is 1.68 bits per heavy atom. The molecule has 6 N–H and O–H groups in total. The molecule has 8 rings (SSSR count). The number of rotatable bonds is 3. The summed E-state index contributed by atoms with van der Waals surface area (Å²) in [5, 5.41) is 15.4. The first-order valence-electron chi connectivity index (χ1n) is 14.8. The quantitative estimate of drug-likeness (QED) is 0.150. The lowest BCUT2D eigenvalue weighted by atomic mass is 9.99. The van der Waals surface area contributed by atoms with E-state index in [-0.39, 0.29) is 0 Å². The van der Waals surface area contributed by atoms with Crippen molar-refractivity contribution in [3.8, 4) is 0 Å². The summed E-state index contributed by atoms with van der Waals surface area (Å²) < 4.78 is 0. The number of anilines is 8. The second kappa shape index (κ2) is 9.23. The summed E-state index contributed by atoms with van der Waals surface area (Å²) in [6.07, 6.45) is 0. The summed E-state index contributed by atoms with van der Waals surface area (Å²) in [6.45, 7) is 17.1. The number of hydrazine groups is 6. The van der Waals surface area contributed by atoms with Crippen LogP contribution in [0.3, 0.4) is 0 Å². The third kappa shape index (κ3) is 3.62. The number of nitrogens with one attached hydrogen (secondary N) is 6. The molecule has 224 valence electrons. The third-order valence-electron chi connectivity index (χ3n) is 9.46. The first-order chi connectivity index (χ1) is 21.1. The van der Waals surface area contributed by atoms with Gasteiger partial charge in [-0.05, 0) is 142 Å². The van der Waals surface area contributed by atoms with Crippen molar-refractivity contribution in [2.75, 3.05) is 31.4 Å². The smallest absolute Gasteiger partial charge is 0.132 e. The molecule has 12 heteroatoms. The molecular formula is C32H36N12. The van der Waals surface area contributed by atoms with E-state index in [0.717, 1.165) is 67.7 Å². The maximum atomic E-state index is 4.63. The standard InChI is InChI=1S/C32H36N12/c1-15-9-23-26(12-18(15)4)41(37-33-23)30-21(7)22(8)31(42-27-13-19(5)16(2)10-24(27)34-38-42)32-29(30)36-40-44(32)43-28-14-20(6)17(3)11-25(28)35-39-43/h9-14,33-34,36-38,40H,1-8H3. The summed E-state index contributed by atoms with van der Waals surface area (Å²) in [5.41, 5.74) is 39.7. The van der Waals surface area contributed by atoms with Crippen LogP contribution in [0.1, 0.15) is 44.5 Å². The summed E-state index contributed by atoms with van der Waals surface area (Å²) in [5.74, 6) is 0. The van der Waals surface area contributed by atoms with Crippen LogP contribution in [0.4, 0.5) is 45.5 Å². The van der Waals surface area contributed by atoms with E-state index in [1.54, 1.807) is 0 Å². The van der Waals surface area contributed by atoms with Crippen LogP contribution in [-0.2, 0) is 0 Å². The van der Waals surface area contributed by atoms with Gasteiger partial charge in [-0.1, -0.05) is 0 Å². The zero-order valence-corrected chi connectivity index (χ0v) is 26.1. The number of aryl methyl sites for hydroxylation is 6. The van der Waals surface area contributed by atoms with Gasteiger partial charge in [-0.25, -0.2) is 0 Å². The number of hydrogen-bond donors (Lipinski definition) is 6. The minimum absolute atomic E-state index is 0.830. The summed E-state index contributed by atoms with van der Waals surface area (Å²) >= 11 is 0. The molecule has 0 saturated carbocycles. The van der Waals surface area contributed by atoms with Crippen molar-refractivity contribution >= 4 is 56.5 Å². The van der Waals surface area contributed by atoms with E-state index >= 15 is 0 Å². The molecule has 0 fully saturated rings. The Hall–Kier alpha value is -5.04. The van der Waals surface area contributed by atoms with Gasteiger partial charge < -0.3 is 10.9 Å². The Bertz CT molecular complexity index is 2040. The van der Waals surface area contributed by atoms with E-state index in [2.05, 4.69) is 145 Å². The molecule has 44 heavy (non-hydrogen) atoms. The topological polar surface area (TPSA) is 113 Å². The van der Waals surface area contributed by atoms with Gasteiger partial charge in [0.15, 0.2) is 0 Å². The number of fused-ring (bicyclic) bond motifs is 4. The molecule has 0 saturated heterocycles. The van der Waals surface area contributed by atoms with Gasteiger partial charge in [-0.2, -0.15) is 5.12 Å². The van der Waals surface area contributed by atoms with E-state index in [0.29, 0.717) is 0 Å². The van der Waals surface area contributed by atoms with Crippen molar-refractivity contribution in [1.29, 1.82) is 0 Å². The monoisotopic (exact) mass is 588 g/mol. The van der Waals surface area contributed by atoms with E-state index in [4.69, 9.17) is 0 Å². The van der Waals surface area contributed by atoms with Gasteiger partial charge in [0, 0.05) is 0 Å². The van der Waals surface area contributed by atoms with Crippen LogP contribution in [-0.4, -0.2) is 15.1 Å². The van der Waals surface area contributed by atoms with Gasteiger partial charge in [-0.3, -0.25) is 15.4 Å². The molecule has 4 aromatic carbocycles. The van der Waals surface area contributed by atoms with Gasteiger partial charge in [0.25, 0.3) is 0 Å². The molecule has 12 nitrogen and oxygen atoms in total. The molecule has 3 aliphatic heterocycles. The van der Waals surface area contributed by atoms with Crippen LogP contribution in [0.25, 0.3) is 11.0 Å². The fourth-order valence-electron chi connectivity index (χ4n) is 6.33. The fraction of sp³-hybridized carbons (Fsp3) is 0.250. The lowest BCUT2D eigenvalue weighted by molar-refractivity contribution is 0.565. The van der Waals surface area contributed by atoms with E-state index in [9.17, 15) is 0 Å². The highest BCUT2D eigenvalue weighted by molar-refractivity contribution is 6.03. The number of nitrogens with zero attached hydrogens (tertiary/aromatic N) is 6. The van der Waals surface area contributed by atoms with Crippen molar-refractivity contribution in [3.63, 3.8) is 0 Å². The molecule has 0 amide bonds. The fourth-order valence-corrected chi connectivity index (χ4v) is 6.33. The van der Waals surface area contributed by atoms with Crippen molar-refractivity contribution in [3.05, 3.63) is 80.9 Å². The number of hydrogen-bond acceptors (Lipinski definition) is 11. The molecule has 0 unspecified atom stereocenters. The predicted octanol–water partition coefficient (Wildman–Crippen LogP) is 5.98. The Morgan fingerprint density at radius 1 is 0.523 bits per heavy atom. The van der Waals surface area contributed by atoms with Crippen molar-refractivity contribution < 1.29 is 0 Å². The SMILES string of the molecule is Cc1cc2c(cc1C)N(c1c(C)c(C)c(N3NNc4cc(C)c(C)cc43)c3c1NNN3n1nnc3cc(C)c(C)cc31)NN2. The Morgan fingerprint density at radius 2 is 1.05 bits per heavy atom.